The van der Waals surface area contributed by atoms with Crippen molar-refractivity contribution in [2.75, 3.05) is 7.05 Å². The van der Waals surface area contributed by atoms with Gasteiger partial charge in [0.25, 0.3) is 0 Å². The summed E-state index contributed by atoms with van der Waals surface area (Å²) in [5.74, 6) is -0.281. The topological polar surface area (TPSA) is 82.4 Å². The molecule has 0 aromatic heterocycles. The fraction of sp³-hybridized carbons (Fsp3) is 0.471. The molecule has 0 spiro atoms. The van der Waals surface area contributed by atoms with Gasteiger partial charge >= 0.3 is 6.09 Å². The maximum atomic E-state index is 11.9. The van der Waals surface area contributed by atoms with Crippen LogP contribution in [-0.4, -0.2) is 30.0 Å². The van der Waals surface area contributed by atoms with Crippen LogP contribution < -0.4 is 5.32 Å². The molecular weight excluding hydrogens is 374 g/mol. The van der Waals surface area contributed by atoms with Crippen molar-refractivity contribution in [1.29, 1.82) is 5.26 Å². The first-order chi connectivity index (χ1) is 11.5. The number of hydrogen-bond acceptors (Lipinski definition) is 4. The van der Waals surface area contributed by atoms with E-state index >= 15 is 0 Å². The van der Waals surface area contributed by atoms with E-state index in [9.17, 15) is 9.59 Å². The molecule has 1 aromatic carbocycles. The lowest BCUT2D eigenvalue weighted by Gasteiger charge is -2.28. The third kappa shape index (κ3) is 4.96. The maximum absolute atomic E-state index is 11.9. The second kappa shape index (κ2) is 8.69. The number of hydrogen-bond donors (Lipinski definition) is 1. The van der Waals surface area contributed by atoms with Gasteiger partial charge in [0.15, 0.2) is 6.19 Å². The van der Waals surface area contributed by atoms with Crippen molar-refractivity contribution in [3.63, 3.8) is 0 Å². The summed E-state index contributed by atoms with van der Waals surface area (Å²) >= 11 is 3.41. The Bertz CT molecular complexity index is 636. The van der Waals surface area contributed by atoms with Gasteiger partial charge in [0, 0.05) is 29.0 Å². The molecule has 1 aliphatic carbocycles. The largest absolute Gasteiger partial charge is 0.445 e. The third-order valence-electron chi connectivity index (χ3n) is 4.20. The number of benzene rings is 1. The van der Waals surface area contributed by atoms with E-state index in [0.29, 0.717) is 25.7 Å². The molecule has 2 amide bonds. The average molecular weight is 394 g/mol. The van der Waals surface area contributed by atoms with E-state index in [2.05, 4.69) is 21.2 Å². The smallest absolute Gasteiger partial charge is 0.407 e. The first kappa shape index (κ1) is 18.3. The molecule has 1 N–H and O–H groups in total. The molecule has 1 fully saturated rings. The van der Waals surface area contributed by atoms with Crippen LogP contribution in [-0.2, 0) is 16.1 Å². The Morgan fingerprint density at radius 1 is 1.33 bits per heavy atom. The fourth-order valence-corrected chi connectivity index (χ4v) is 3.17. The van der Waals surface area contributed by atoms with Crippen LogP contribution in [0.2, 0.25) is 0 Å². The summed E-state index contributed by atoms with van der Waals surface area (Å²) < 4.78 is 6.14. The molecule has 0 saturated heterocycles. The lowest BCUT2D eigenvalue weighted by atomic mass is 9.85. The normalized spacial score (nSPS) is 19.9. The number of rotatable bonds is 4. The summed E-state index contributed by atoms with van der Waals surface area (Å²) in [4.78, 5) is 24.9. The van der Waals surface area contributed by atoms with Crippen molar-refractivity contribution < 1.29 is 14.3 Å². The van der Waals surface area contributed by atoms with Crippen molar-refractivity contribution in [3.05, 3.63) is 34.3 Å². The molecule has 2 rings (SSSR count). The highest BCUT2D eigenvalue weighted by Gasteiger charge is 2.29. The van der Waals surface area contributed by atoms with Gasteiger partial charge in [-0.1, -0.05) is 34.1 Å². The molecule has 0 bridgehead atoms. The van der Waals surface area contributed by atoms with Crippen LogP contribution >= 0.6 is 15.9 Å². The zero-order valence-electron chi connectivity index (χ0n) is 13.5. The monoisotopic (exact) mass is 393 g/mol. The van der Waals surface area contributed by atoms with Crippen LogP contribution in [0.15, 0.2) is 28.7 Å². The Labute approximate surface area is 149 Å². The number of nitrogens with zero attached hydrogens (tertiary/aromatic N) is 2. The molecule has 128 valence electrons. The van der Waals surface area contributed by atoms with Gasteiger partial charge in [-0.15, -0.1) is 0 Å². The second-order valence-corrected chi connectivity index (χ2v) is 6.71. The molecule has 0 unspecified atom stereocenters. The van der Waals surface area contributed by atoms with E-state index < -0.39 is 6.09 Å². The van der Waals surface area contributed by atoms with Crippen molar-refractivity contribution >= 4 is 27.9 Å². The molecule has 0 aliphatic heterocycles. The van der Waals surface area contributed by atoms with Crippen LogP contribution in [0, 0.1) is 17.4 Å². The van der Waals surface area contributed by atoms with Crippen molar-refractivity contribution in [2.24, 2.45) is 5.92 Å². The van der Waals surface area contributed by atoms with Gasteiger partial charge in [0.2, 0.25) is 5.91 Å². The first-order valence-electron chi connectivity index (χ1n) is 7.85. The average Bonchev–Trinajstić information content (AvgIpc) is 2.60. The number of amides is 2. The molecule has 24 heavy (non-hydrogen) atoms. The summed E-state index contributed by atoms with van der Waals surface area (Å²) in [5.41, 5.74) is 0.904. The highest BCUT2D eigenvalue weighted by atomic mass is 79.9. The van der Waals surface area contributed by atoms with Gasteiger partial charge in [-0.25, -0.2) is 4.79 Å². The van der Waals surface area contributed by atoms with Crippen molar-refractivity contribution in [2.45, 2.75) is 38.3 Å². The summed E-state index contributed by atoms with van der Waals surface area (Å²) in [6.07, 6.45) is 4.13. The zero-order chi connectivity index (χ0) is 17.5. The predicted molar refractivity (Wildman–Crippen MR) is 91.6 cm³/mol. The van der Waals surface area contributed by atoms with Crippen LogP contribution in [0.3, 0.4) is 0 Å². The van der Waals surface area contributed by atoms with Crippen molar-refractivity contribution in [1.82, 2.24) is 10.2 Å². The summed E-state index contributed by atoms with van der Waals surface area (Å²) in [6.45, 7) is 0.202. The Balaban J connectivity index is 1.74. The number of nitriles is 1. The SMILES string of the molecule is CN(C#N)C(=O)C1CCC(NC(=O)OCc2ccccc2Br)CC1. The van der Waals surface area contributed by atoms with Gasteiger partial charge < -0.3 is 10.1 Å². The van der Waals surface area contributed by atoms with Gasteiger partial charge in [0.05, 0.1) is 0 Å². The van der Waals surface area contributed by atoms with Crippen LogP contribution in [0.4, 0.5) is 4.79 Å². The number of ether oxygens (including phenoxy) is 1. The number of halogens is 1. The van der Waals surface area contributed by atoms with Gasteiger partial charge in [-0.2, -0.15) is 5.26 Å². The zero-order valence-corrected chi connectivity index (χ0v) is 15.1. The van der Waals surface area contributed by atoms with E-state index in [1.165, 1.54) is 7.05 Å². The minimum Gasteiger partial charge on any atom is -0.445 e. The highest BCUT2D eigenvalue weighted by Crippen LogP contribution is 2.26. The first-order valence-corrected chi connectivity index (χ1v) is 8.64. The van der Waals surface area contributed by atoms with Crippen LogP contribution in [0.5, 0.6) is 0 Å². The molecule has 7 heteroatoms. The lowest BCUT2D eigenvalue weighted by Crippen LogP contribution is -2.40. The quantitative estimate of drug-likeness (QED) is 0.628. The predicted octanol–water partition coefficient (Wildman–Crippen LogP) is 3.17. The molecule has 0 atom stereocenters. The number of carbonyl (C=O) groups excluding carboxylic acids is 2. The van der Waals surface area contributed by atoms with E-state index in [1.54, 1.807) is 0 Å². The standard InChI is InChI=1S/C17H20BrN3O3/c1-21(11-19)16(22)12-6-8-14(9-7-12)20-17(23)24-10-13-4-2-3-5-15(13)18/h2-5,12,14H,6-10H2,1H3,(H,20,23). The molecule has 1 aromatic rings. The summed E-state index contributed by atoms with van der Waals surface area (Å²) in [6, 6.07) is 7.58. The molecule has 1 aliphatic rings. The van der Waals surface area contributed by atoms with E-state index in [0.717, 1.165) is 14.9 Å². The molecule has 6 nitrogen and oxygen atoms in total. The molecule has 0 heterocycles. The van der Waals surface area contributed by atoms with E-state index in [4.69, 9.17) is 10.00 Å². The van der Waals surface area contributed by atoms with E-state index in [-0.39, 0.29) is 24.5 Å². The molecular formula is C17H20BrN3O3. The Hall–Kier alpha value is -2.07. The molecule has 0 radical (unpaired) electrons. The second-order valence-electron chi connectivity index (χ2n) is 5.86. The van der Waals surface area contributed by atoms with Crippen LogP contribution in [0.25, 0.3) is 0 Å². The van der Waals surface area contributed by atoms with Crippen LogP contribution in [0.1, 0.15) is 31.2 Å². The van der Waals surface area contributed by atoms with E-state index in [1.807, 2.05) is 30.5 Å². The van der Waals surface area contributed by atoms with Gasteiger partial charge in [0.1, 0.15) is 6.61 Å². The minimum atomic E-state index is -0.449. The lowest BCUT2D eigenvalue weighted by molar-refractivity contribution is -0.132. The number of alkyl carbamates (subject to hydrolysis) is 1. The number of nitrogens with one attached hydrogen (secondary N) is 1. The Morgan fingerprint density at radius 3 is 2.62 bits per heavy atom. The minimum absolute atomic E-state index is 0.00755. The Morgan fingerprint density at radius 2 is 2.00 bits per heavy atom. The maximum Gasteiger partial charge on any atom is 0.407 e. The number of carbonyl (C=O) groups is 2. The Kier molecular flexibility index (Phi) is 6.62. The third-order valence-corrected chi connectivity index (χ3v) is 4.97. The fourth-order valence-electron chi connectivity index (χ4n) is 2.77. The van der Waals surface area contributed by atoms with Gasteiger partial charge in [-0.3, -0.25) is 9.69 Å². The van der Waals surface area contributed by atoms with Gasteiger partial charge in [-0.05, 0) is 31.7 Å². The van der Waals surface area contributed by atoms with Crippen molar-refractivity contribution in [3.8, 4) is 6.19 Å². The summed E-state index contributed by atoms with van der Waals surface area (Å²) in [5, 5.41) is 11.6. The molecule has 1 saturated carbocycles. The summed E-state index contributed by atoms with van der Waals surface area (Å²) in [7, 11) is 1.48. The highest BCUT2D eigenvalue weighted by molar-refractivity contribution is 9.10.